The second kappa shape index (κ2) is 4.24. The summed E-state index contributed by atoms with van der Waals surface area (Å²) in [5.74, 6) is 0. The molecule has 0 amide bonds. The zero-order valence-corrected chi connectivity index (χ0v) is 11.4. The first kappa shape index (κ1) is 12.8. The highest BCUT2D eigenvalue weighted by atomic mass is 16.1. The van der Waals surface area contributed by atoms with Crippen molar-refractivity contribution in [3.05, 3.63) is 33.4 Å². The molecule has 98 valence electrons. The third-order valence-corrected chi connectivity index (χ3v) is 3.12. The number of aromatic nitrogens is 3. The molecule has 0 saturated carbocycles. The molecule has 0 fully saturated rings. The number of rotatable bonds is 2. The summed E-state index contributed by atoms with van der Waals surface area (Å²) in [6.45, 7) is 8.59. The number of aryl methyl sites for hydroxylation is 1. The Labute approximate surface area is 106 Å². The van der Waals surface area contributed by atoms with Crippen LogP contribution in [0.15, 0.2) is 10.9 Å². The molecule has 0 aliphatic heterocycles. The van der Waals surface area contributed by atoms with Gasteiger partial charge in [-0.3, -0.25) is 9.89 Å². The van der Waals surface area contributed by atoms with Gasteiger partial charge in [-0.15, -0.1) is 0 Å². The Bertz CT molecular complexity index is 631. The molecule has 5 heteroatoms. The number of nitrogens with zero attached hydrogens (tertiary/aromatic N) is 2. The molecule has 2 aromatic rings. The molecule has 5 nitrogen and oxygen atoms in total. The summed E-state index contributed by atoms with van der Waals surface area (Å²) in [6.07, 6.45) is 0.560. The van der Waals surface area contributed by atoms with Gasteiger partial charge in [0, 0.05) is 28.4 Å². The number of nitrogens with two attached hydrogens (primary N) is 1. The number of hydrogen-bond acceptors (Lipinski definition) is 3. The van der Waals surface area contributed by atoms with Gasteiger partial charge >= 0.3 is 0 Å². The molecule has 0 radical (unpaired) electrons. The van der Waals surface area contributed by atoms with E-state index in [0.29, 0.717) is 24.2 Å². The van der Waals surface area contributed by atoms with E-state index in [-0.39, 0.29) is 11.0 Å². The summed E-state index contributed by atoms with van der Waals surface area (Å²) >= 11 is 0. The molecule has 3 N–H and O–H groups in total. The van der Waals surface area contributed by atoms with E-state index in [9.17, 15) is 4.79 Å². The fourth-order valence-corrected chi connectivity index (χ4v) is 1.99. The van der Waals surface area contributed by atoms with Crippen molar-refractivity contribution in [2.45, 2.75) is 39.5 Å². The molecule has 0 atom stereocenters. The van der Waals surface area contributed by atoms with Crippen LogP contribution in [-0.4, -0.2) is 21.1 Å². The van der Waals surface area contributed by atoms with Crippen molar-refractivity contribution in [1.82, 2.24) is 14.6 Å². The van der Waals surface area contributed by atoms with Gasteiger partial charge in [0.2, 0.25) is 0 Å². The van der Waals surface area contributed by atoms with E-state index in [1.54, 1.807) is 0 Å². The van der Waals surface area contributed by atoms with E-state index >= 15 is 0 Å². The first-order chi connectivity index (χ1) is 8.34. The van der Waals surface area contributed by atoms with E-state index in [2.05, 4.69) is 30.9 Å². The molecule has 0 aliphatic carbocycles. The average molecular weight is 248 g/mol. The molecule has 0 saturated heterocycles. The minimum Gasteiger partial charge on any atom is -0.330 e. The summed E-state index contributed by atoms with van der Waals surface area (Å²) in [5, 5.41) is 3.13. The standard InChI is InChI=1S/C13H20N4O/c1-8-9(5-6-14)12(18)17-11(15-8)7-10(16-17)13(2,3)4/h7,16H,5-6,14H2,1-4H3. The molecule has 0 aliphatic rings. The van der Waals surface area contributed by atoms with Crippen molar-refractivity contribution >= 4 is 5.65 Å². The molecule has 2 aromatic heterocycles. The summed E-state index contributed by atoms with van der Waals surface area (Å²) in [7, 11) is 0. The lowest BCUT2D eigenvalue weighted by Gasteiger charge is -2.14. The fourth-order valence-electron chi connectivity index (χ4n) is 1.99. The minimum absolute atomic E-state index is 0.0396. The molecule has 0 unspecified atom stereocenters. The minimum atomic E-state index is -0.0431. The Morgan fingerprint density at radius 3 is 2.67 bits per heavy atom. The summed E-state index contributed by atoms with van der Waals surface area (Å²) < 4.78 is 1.51. The maximum atomic E-state index is 12.3. The molecule has 2 rings (SSSR count). The van der Waals surface area contributed by atoms with Crippen LogP contribution in [0, 0.1) is 6.92 Å². The quantitative estimate of drug-likeness (QED) is 0.836. The van der Waals surface area contributed by atoms with E-state index in [4.69, 9.17) is 5.73 Å². The second-order valence-electron chi connectivity index (χ2n) is 5.63. The van der Waals surface area contributed by atoms with Crippen LogP contribution in [0.25, 0.3) is 5.65 Å². The lowest BCUT2D eigenvalue weighted by molar-refractivity contribution is 0.561. The summed E-state index contributed by atoms with van der Waals surface area (Å²) in [5.41, 5.74) is 8.57. The van der Waals surface area contributed by atoms with E-state index in [1.165, 1.54) is 4.52 Å². The first-order valence-electron chi connectivity index (χ1n) is 6.16. The predicted molar refractivity (Wildman–Crippen MR) is 72.0 cm³/mol. The van der Waals surface area contributed by atoms with Crippen LogP contribution in [0.3, 0.4) is 0 Å². The number of nitrogens with one attached hydrogen (secondary N) is 1. The van der Waals surface area contributed by atoms with Gasteiger partial charge in [0.25, 0.3) is 5.56 Å². The molecular formula is C13H20N4O. The lowest BCUT2D eigenvalue weighted by atomic mass is 9.93. The van der Waals surface area contributed by atoms with Crippen molar-refractivity contribution in [1.29, 1.82) is 0 Å². The van der Waals surface area contributed by atoms with Crippen LogP contribution in [0.1, 0.15) is 37.7 Å². The molecule has 0 bridgehead atoms. The Kier molecular flexibility index (Phi) is 3.02. The first-order valence-corrected chi connectivity index (χ1v) is 6.16. The molecule has 2 heterocycles. The maximum Gasteiger partial charge on any atom is 0.276 e. The lowest BCUT2D eigenvalue weighted by Crippen LogP contribution is -2.24. The normalized spacial score (nSPS) is 12.3. The van der Waals surface area contributed by atoms with Crippen LogP contribution in [0.2, 0.25) is 0 Å². The van der Waals surface area contributed by atoms with Crippen LogP contribution in [0.4, 0.5) is 0 Å². The van der Waals surface area contributed by atoms with Crippen molar-refractivity contribution in [3.8, 4) is 0 Å². The summed E-state index contributed by atoms with van der Waals surface area (Å²) in [4.78, 5) is 16.8. The zero-order chi connectivity index (χ0) is 13.5. The Morgan fingerprint density at radius 2 is 2.11 bits per heavy atom. The van der Waals surface area contributed by atoms with Crippen LogP contribution in [0.5, 0.6) is 0 Å². The highest BCUT2D eigenvalue weighted by molar-refractivity contribution is 5.43. The highest BCUT2D eigenvalue weighted by Gasteiger charge is 2.18. The largest absolute Gasteiger partial charge is 0.330 e. The number of aromatic amines is 1. The van der Waals surface area contributed by atoms with Crippen LogP contribution in [-0.2, 0) is 11.8 Å². The van der Waals surface area contributed by atoms with Gasteiger partial charge in [0.1, 0.15) is 0 Å². The van der Waals surface area contributed by atoms with Crippen LogP contribution >= 0.6 is 0 Å². The SMILES string of the molecule is Cc1nc2cc(C(C)(C)C)[nH]n2c(=O)c1CCN. The Morgan fingerprint density at radius 1 is 1.44 bits per heavy atom. The van der Waals surface area contributed by atoms with Crippen molar-refractivity contribution in [3.63, 3.8) is 0 Å². The molecule has 0 spiro atoms. The highest BCUT2D eigenvalue weighted by Crippen LogP contribution is 2.21. The van der Waals surface area contributed by atoms with Gasteiger partial charge in [-0.25, -0.2) is 9.50 Å². The maximum absolute atomic E-state index is 12.3. The van der Waals surface area contributed by atoms with Gasteiger partial charge in [-0.2, -0.15) is 0 Å². The average Bonchev–Trinajstić information content (AvgIpc) is 2.67. The van der Waals surface area contributed by atoms with E-state index < -0.39 is 0 Å². The van der Waals surface area contributed by atoms with E-state index in [1.807, 2.05) is 13.0 Å². The van der Waals surface area contributed by atoms with Crippen molar-refractivity contribution in [2.24, 2.45) is 5.73 Å². The number of fused-ring (bicyclic) bond motifs is 1. The smallest absolute Gasteiger partial charge is 0.276 e. The third kappa shape index (κ3) is 2.06. The third-order valence-electron chi connectivity index (χ3n) is 3.12. The van der Waals surface area contributed by atoms with Crippen molar-refractivity contribution < 1.29 is 0 Å². The Hall–Kier alpha value is -1.62. The topological polar surface area (TPSA) is 76.2 Å². The van der Waals surface area contributed by atoms with Gasteiger partial charge in [-0.05, 0) is 19.9 Å². The molecule has 0 aromatic carbocycles. The molecular weight excluding hydrogens is 228 g/mol. The van der Waals surface area contributed by atoms with Gasteiger partial charge in [0.15, 0.2) is 5.65 Å². The Balaban J connectivity index is 2.71. The summed E-state index contributed by atoms with van der Waals surface area (Å²) in [6, 6.07) is 1.93. The monoisotopic (exact) mass is 248 g/mol. The second-order valence-corrected chi connectivity index (χ2v) is 5.63. The molecule has 18 heavy (non-hydrogen) atoms. The number of hydrogen-bond donors (Lipinski definition) is 2. The van der Waals surface area contributed by atoms with Gasteiger partial charge in [-0.1, -0.05) is 20.8 Å². The fraction of sp³-hybridized carbons (Fsp3) is 0.538. The van der Waals surface area contributed by atoms with E-state index in [0.717, 1.165) is 11.4 Å². The predicted octanol–water partition coefficient (Wildman–Crippen LogP) is 1.13. The number of H-pyrrole nitrogens is 1. The van der Waals surface area contributed by atoms with Gasteiger partial charge in [0.05, 0.1) is 0 Å². The van der Waals surface area contributed by atoms with Crippen molar-refractivity contribution in [2.75, 3.05) is 6.54 Å². The van der Waals surface area contributed by atoms with Gasteiger partial charge < -0.3 is 5.73 Å². The van der Waals surface area contributed by atoms with Crippen LogP contribution < -0.4 is 11.3 Å². The zero-order valence-electron chi connectivity index (χ0n) is 11.4.